The number of carbonyl (C=O) groups excluding carboxylic acids is 2. The Balaban J connectivity index is 1.28. The molecule has 222 valence electrons. The van der Waals surface area contributed by atoms with E-state index in [1.165, 1.54) is 36.7 Å². The molecule has 9 heteroatoms. The van der Waals surface area contributed by atoms with Gasteiger partial charge in [-0.3, -0.25) is 14.4 Å². The van der Waals surface area contributed by atoms with Crippen LogP contribution in [-0.2, 0) is 21.4 Å². The molecule has 0 aliphatic heterocycles. The summed E-state index contributed by atoms with van der Waals surface area (Å²) in [6, 6.07) is 17.7. The standard InChI is InChI=1S/C34H36N4O4S/c1-20(33(41)42)37-31(39)27(38-32(40)28-15-16-29(43-28)34(2,3)4)17-21-5-7-25(8-6-21)30-35-18-26(19-36-30)24-13-11-23(12-14-24)22-9-10-22/h5-8,11-16,18-20,22,27H,9-10,17H2,1-4H3,(H,37,39)(H,38,40)(H,41,42)/t20-,27+/m1/s1. The van der Waals surface area contributed by atoms with Gasteiger partial charge in [0.25, 0.3) is 5.91 Å². The van der Waals surface area contributed by atoms with E-state index in [1.54, 1.807) is 6.07 Å². The maximum Gasteiger partial charge on any atom is 0.325 e. The summed E-state index contributed by atoms with van der Waals surface area (Å²) in [4.78, 5) is 48.2. The molecule has 2 aromatic carbocycles. The molecule has 1 aliphatic carbocycles. The second kappa shape index (κ2) is 12.5. The summed E-state index contributed by atoms with van der Waals surface area (Å²) in [6.45, 7) is 7.60. The lowest BCUT2D eigenvalue weighted by atomic mass is 9.95. The summed E-state index contributed by atoms with van der Waals surface area (Å²) in [5.74, 6) is -0.806. The molecular weight excluding hydrogens is 560 g/mol. The van der Waals surface area contributed by atoms with Gasteiger partial charge in [0.1, 0.15) is 12.1 Å². The Morgan fingerprint density at radius 2 is 1.51 bits per heavy atom. The molecule has 2 amide bonds. The zero-order valence-electron chi connectivity index (χ0n) is 24.8. The number of carboxylic acids is 1. The third kappa shape index (κ3) is 7.53. The molecule has 5 rings (SSSR count). The topological polar surface area (TPSA) is 121 Å². The number of benzene rings is 2. The number of nitrogens with zero attached hydrogens (tertiary/aromatic N) is 2. The minimum atomic E-state index is -1.16. The lowest BCUT2D eigenvalue weighted by molar-refractivity contribution is -0.141. The summed E-state index contributed by atoms with van der Waals surface area (Å²) < 4.78 is 0. The average molecular weight is 597 g/mol. The van der Waals surface area contributed by atoms with Crippen molar-refractivity contribution < 1.29 is 19.5 Å². The zero-order valence-corrected chi connectivity index (χ0v) is 25.6. The first-order valence-electron chi connectivity index (χ1n) is 14.4. The van der Waals surface area contributed by atoms with E-state index >= 15 is 0 Å². The summed E-state index contributed by atoms with van der Waals surface area (Å²) in [5.41, 5.74) is 4.91. The van der Waals surface area contributed by atoms with Crippen LogP contribution < -0.4 is 10.6 Å². The van der Waals surface area contributed by atoms with Gasteiger partial charge in [-0.15, -0.1) is 11.3 Å². The highest BCUT2D eigenvalue weighted by molar-refractivity contribution is 7.14. The smallest absolute Gasteiger partial charge is 0.325 e. The van der Waals surface area contributed by atoms with Crippen LogP contribution in [0.15, 0.2) is 73.1 Å². The van der Waals surface area contributed by atoms with Crippen molar-refractivity contribution in [3.63, 3.8) is 0 Å². The molecule has 1 aliphatic rings. The molecule has 2 aromatic heterocycles. The molecule has 0 spiro atoms. The van der Waals surface area contributed by atoms with Gasteiger partial charge in [-0.05, 0) is 59.9 Å². The number of carboxylic acid groups (broad SMARTS) is 1. The molecular formula is C34H36N4O4S. The van der Waals surface area contributed by atoms with E-state index < -0.39 is 24.0 Å². The highest BCUT2D eigenvalue weighted by Crippen LogP contribution is 2.40. The number of hydrogen-bond acceptors (Lipinski definition) is 6. The van der Waals surface area contributed by atoms with Crippen molar-refractivity contribution in [3.8, 4) is 22.5 Å². The number of carbonyl (C=O) groups is 3. The molecule has 0 unspecified atom stereocenters. The van der Waals surface area contributed by atoms with Gasteiger partial charge >= 0.3 is 5.97 Å². The Kier molecular flexibility index (Phi) is 8.73. The molecule has 4 aromatic rings. The molecule has 1 saturated carbocycles. The van der Waals surface area contributed by atoms with Crippen molar-refractivity contribution in [3.05, 3.63) is 93.9 Å². The van der Waals surface area contributed by atoms with E-state index in [0.29, 0.717) is 16.6 Å². The van der Waals surface area contributed by atoms with Crippen molar-refractivity contribution in [2.24, 2.45) is 0 Å². The first-order chi connectivity index (χ1) is 20.5. The number of hydrogen-bond donors (Lipinski definition) is 3. The van der Waals surface area contributed by atoms with E-state index in [4.69, 9.17) is 0 Å². The van der Waals surface area contributed by atoms with Gasteiger partial charge in [-0.1, -0.05) is 69.3 Å². The molecule has 0 radical (unpaired) electrons. The Hall–Kier alpha value is -4.37. The molecule has 1 fully saturated rings. The van der Waals surface area contributed by atoms with E-state index in [1.807, 2.05) is 42.7 Å². The molecule has 8 nitrogen and oxygen atoms in total. The average Bonchev–Trinajstić information content (AvgIpc) is 3.71. The Morgan fingerprint density at radius 1 is 0.884 bits per heavy atom. The van der Waals surface area contributed by atoms with Gasteiger partial charge in [-0.25, -0.2) is 9.97 Å². The lowest BCUT2D eigenvalue weighted by Gasteiger charge is -2.20. The van der Waals surface area contributed by atoms with Crippen LogP contribution >= 0.6 is 11.3 Å². The van der Waals surface area contributed by atoms with Crippen LogP contribution in [0.4, 0.5) is 0 Å². The summed E-state index contributed by atoms with van der Waals surface area (Å²) in [6.07, 6.45) is 6.36. The number of nitrogens with one attached hydrogen (secondary N) is 2. The number of aliphatic carboxylic acids is 1. The van der Waals surface area contributed by atoms with Gasteiger partial charge in [0.15, 0.2) is 5.82 Å². The van der Waals surface area contributed by atoms with Crippen molar-refractivity contribution in [2.75, 3.05) is 0 Å². The summed E-state index contributed by atoms with van der Waals surface area (Å²) in [5, 5.41) is 14.6. The van der Waals surface area contributed by atoms with Gasteiger partial charge in [0.05, 0.1) is 4.88 Å². The monoisotopic (exact) mass is 596 g/mol. The summed E-state index contributed by atoms with van der Waals surface area (Å²) >= 11 is 1.38. The molecule has 0 bridgehead atoms. The minimum absolute atomic E-state index is 0.107. The highest BCUT2D eigenvalue weighted by atomic mass is 32.1. The van der Waals surface area contributed by atoms with Crippen LogP contribution in [0.5, 0.6) is 0 Å². The van der Waals surface area contributed by atoms with Crippen LogP contribution in [-0.4, -0.2) is 44.9 Å². The van der Waals surface area contributed by atoms with E-state index in [0.717, 1.165) is 27.1 Å². The Bertz CT molecular complexity index is 1600. The number of thiophene rings is 1. The first-order valence-corrected chi connectivity index (χ1v) is 15.3. The van der Waals surface area contributed by atoms with Gasteiger partial charge in [0, 0.05) is 34.8 Å². The lowest BCUT2D eigenvalue weighted by Crippen LogP contribution is -2.51. The number of amides is 2. The second-order valence-electron chi connectivity index (χ2n) is 12.1. The summed E-state index contributed by atoms with van der Waals surface area (Å²) in [7, 11) is 0. The van der Waals surface area contributed by atoms with Crippen molar-refractivity contribution >= 4 is 29.1 Å². The van der Waals surface area contributed by atoms with Gasteiger partial charge in [0.2, 0.25) is 5.91 Å². The SMILES string of the molecule is C[C@@H](NC(=O)[C@H](Cc1ccc(-c2ncc(-c3ccc(C4CC4)cc3)cn2)cc1)NC(=O)c1ccc(C(C)(C)C)s1)C(=O)O. The fourth-order valence-corrected chi connectivity index (χ4v) is 5.66. The number of aromatic nitrogens is 2. The normalized spacial score (nSPS) is 14.5. The van der Waals surface area contributed by atoms with Crippen molar-refractivity contribution in [1.82, 2.24) is 20.6 Å². The van der Waals surface area contributed by atoms with Crippen molar-refractivity contribution in [2.45, 2.75) is 70.4 Å². The van der Waals surface area contributed by atoms with E-state index in [9.17, 15) is 19.5 Å². The molecule has 0 saturated heterocycles. The molecule has 2 atom stereocenters. The molecule has 3 N–H and O–H groups in total. The maximum absolute atomic E-state index is 13.1. The largest absolute Gasteiger partial charge is 0.480 e. The zero-order chi connectivity index (χ0) is 30.7. The predicted octanol–water partition coefficient (Wildman–Crippen LogP) is 5.98. The van der Waals surface area contributed by atoms with E-state index in [2.05, 4.69) is 65.6 Å². The Labute approximate surface area is 255 Å². The molecule has 2 heterocycles. The van der Waals surface area contributed by atoms with Crippen LogP contribution in [0, 0.1) is 0 Å². The molecule has 43 heavy (non-hydrogen) atoms. The highest BCUT2D eigenvalue weighted by Gasteiger charge is 2.27. The van der Waals surface area contributed by atoms with Gasteiger partial charge in [-0.2, -0.15) is 0 Å². The third-order valence-corrected chi connectivity index (χ3v) is 9.03. The fourth-order valence-electron chi connectivity index (χ4n) is 4.69. The van der Waals surface area contributed by atoms with Crippen LogP contribution in [0.3, 0.4) is 0 Å². The first kappa shape index (κ1) is 30.1. The fraction of sp³-hybridized carbons (Fsp3) is 0.324. The minimum Gasteiger partial charge on any atom is -0.480 e. The van der Waals surface area contributed by atoms with Crippen LogP contribution in [0.25, 0.3) is 22.5 Å². The second-order valence-corrected chi connectivity index (χ2v) is 13.2. The van der Waals surface area contributed by atoms with Crippen LogP contribution in [0.2, 0.25) is 0 Å². The number of rotatable bonds is 10. The predicted molar refractivity (Wildman–Crippen MR) is 168 cm³/mol. The maximum atomic E-state index is 13.1. The third-order valence-electron chi connectivity index (χ3n) is 7.52. The van der Waals surface area contributed by atoms with Crippen molar-refractivity contribution in [1.29, 1.82) is 0 Å². The Morgan fingerprint density at radius 3 is 2.07 bits per heavy atom. The van der Waals surface area contributed by atoms with Gasteiger partial charge < -0.3 is 15.7 Å². The van der Waals surface area contributed by atoms with E-state index in [-0.39, 0.29) is 17.7 Å². The quantitative estimate of drug-likeness (QED) is 0.207. The van der Waals surface area contributed by atoms with Crippen LogP contribution in [0.1, 0.15) is 72.1 Å².